The van der Waals surface area contributed by atoms with Crippen LogP contribution in [-0.2, 0) is 11.3 Å². The molecule has 3 aromatic heterocycles. The van der Waals surface area contributed by atoms with Crippen molar-refractivity contribution in [1.82, 2.24) is 19.9 Å². The van der Waals surface area contributed by atoms with Crippen molar-refractivity contribution >= 4 is 23.1 Å². The molecule has 0 bridgehead atoms. The summed E-state index contributed by atoms with van der Waals surface area (Å²) in [5.41, 5.74) is 8.02. The first kappa shape index (κ1) is 20.9. The highest BCUT2D eigenvalue weighted by Gasteiger charge is 2.10. The van der Waals surface area contributed by atoms with E-state index in [4.69, 9.17) is 15.2 Å². The van der Waals surface area contributed by atoms with Gasteiger partial charge in [0.1, 0.15) is 18.1 Å². The summed E-state index contributed by atoms with van der Waals surface area (Å²) in [5.74, 6) is 0.356. The van der Waals surface area contributed by atoms with Gasteiger partial charge in [0.15, 0.2) is 0 Å². The Labute approximate surface area is 173 Å². The quantitative estimate of drug-likeness (QED) is 0.430. The van der Waals surface area contributed by atoms with Crippen molar-refractivity contribution in [3.63, 3.8) is 0 Å². The molecule has 0 saturated carbocycles. The minimum absolute atomic E-state index is 0.173. The topological polar surface area (TPSA) is 137 Å². The first-order valence-electron chi connectivity index (χ1n) is 9.39. The maximum Gasteiger partial charge on any atom is 0.275 e. The molecule has 0 unspecified atom stereocenters. The number of nitrogen functional groups attached to an aromatic ring is 1. The van der Waals surface area contributed by atoms with Gasteiger partial charge in [0, 0.05) is 24.7 Å². The summed E-state index contributed by atoms with van der Waals surface area (Å²) in [6, 6.07) is 7.07. The van der Waals surface area contributed by atoms with Crippen molar-refractivity contribution in [2.24, 2.45) is 0 Å². The molecular formula is C20H23N7O3. The molecule has 3 rings (SSSR count). The Balaban J connectivity index is 1.55. The summed E-state index contributed by atoms with van der Waals surface area (Å²) < 4.78 is 10.6. The molecule has 10 nitrogen and oxygen atoms in total. The third-order valence-corrected chi connectivity index (χ3v) is 3.92. The number of ether oxygens (including phenoxy) is 2. The molecule has 0 fully saturated rings. The van der Waals surface area contributed by atoms with Crippen molar-refractivity contribution in [2.75, 3.05) is 36.2 Å². The molecule has 0 saturated heterocycles. The Hall–Kier alpha value is -3.79. The monoisotopic (exact) mass is 409 g/mol. The number of pyridine rings is 2. The smallest absolute Gasteiger partial charge is 0.275 e. The second-order valence-electron chi connectivity index (χ2n) is 6.06. The lowest BCUT2D eigenvalue weighted by atomic mass is 10.3. The van der Waals surface area contributed by atoms with E-state index >= 15 is 0 Å². The highest BCUT2D eigenvalue weighted by atomic mass is 16.5. The first-order chi connectivity index (χ1) is 14.7. The van der Waals surface area contributed by atoms with E-state index in [9.17, 15) is 4.79 Å². The molecule has 0 aliphatic heterocycles. The Bertz CT molecular complexity index is 967. The largest absolute Gasteiger partial charge is 0.474 e. The van der Waals surface area contributed by atoms with Crippen LogP contribution in [0.5, 0.6) is 5.88 Å². The summed E-state index contributed by atoms with van der Waals surface area (Å²) in [7, 11) is 0. The molecule has 4 N–H and O–H groups in total. The average Bonchev–Trinajstić information content (AvgIpc) is 2.77. The second kappa shape index (κ2) is 10.7. The molecule has 0 aliphatic carbocycles. The number of nitrogens with zero attached hydrogens (tertiary/aromatic N) is 4. The highest BCUT2D eigenvalue weighted by molar-refractivity contribution is 6.02. The number of aromatic nitrogens is 4. The van der Waals surface area contributed by atoms with Gasteiger partial charge in [0.2, 0.25) is 5.88 Å². The molecule has 0 radical (unpaired) electrons. The van der Waals surface area contributed by atoms with Crippen LogP contribution in [0.3, 0.4) is 0 Å². The molecule has 0 aliphatic rings. The van der Waals surface area contributed by atoms with E-state index in [0.717, 1.165) is 5.69 Å². The van der Waals surface area contributed by atoms with E-state index in [-0.39, 0.29) is 11.6 Å². The number of hydrogen-bond acceptors (Lipinski definition) is 9. The maximum absolute atomic E-state index is 12.4. The average molecular weight is 409 g/mol. The molecule has 3 aromatic rings. The van der Waals surface area contributed by atoms with E-state index in [1.165, 1.54) is 12.4 Å². The normalized spacial score (nSPS) is 10.4. The number of anilines is 3. The van der Waals surface area contributed by atoms with Gasteiger partial charge in [-0.25, -0.2) is 15.0 Å². The Kier molecular flexibility index (Phi) is 7.45. The van der Waals surface area contributed by atoms with Crippen molar-refractivity contribution in [1.29, 1.82) is 0 Å². The molecule has 0 spiro atoms. The lowest BCUT2D eigenvalue weighted by molar-refractivity contribution is 0.101. The van der Waals surface area contributed by atoms with Gasteiger partial charge in [-0.3, -0.25) is 9.78 Å². The molecule has 156 valence electrons. The number of carbonyl (C=O) groups excluding carboxylic acids is 1. The summed E-state index contributed by atoms with van der Waals surface area (Å²) in [6.45, 7) is 3.79. The van der Waals surface area contributed by atoms with Crippen LogP contribution >= 0.6 is 0 Å². The van der Waals surface area contributed by atoms with Gasteiger partial charge in [0.05, 0.1) is 36.9 Å². The van der Waals surface area contributed by atoms with Gasteiger partial charge in [-0.05, 0) is 31.2 Å². The molecule has 0 atom stereocenters. The van der Waals surface area contributed by atoms with Crippen molar-refractivity contribution in [3.05, 3.63) is 60.4 Å². The number of nitrogens with one attached hydrogen (secondary N) is 2. The van der Waals surface area contributed by atoms with Crippen LogP contribution in [0.4, 0.5) is 17.2 Å². The Morgan fingerprint density at radius 3 is 2.77 bits per heavy atom. The van der Waals surface area contributed by atoms with E-state index in [1.54, 1.807) is 30.6 Å². The Morgan fingerprint density at radius 2 is 2.00 bits per heavy atom. The number of carbonyl (C=O) groups is 1. The third-order valence-electron chi connectivity index (χ3n) is 3.92. The summed E-state index contributed by atoms with van der Waals surface area (Å²) in [4.78, 5) is 28.9. The number of amides is 1. The van der Waals surface area contributed by atoms with Crippen molar-refractivity contribution in [2.45, 2.75) is 13.5 Å². The first-order valence-corrected chi connectivity index (χ1v) is 9.39. The number of rotatable bonds is 10. The van der Waals surface area contributed by atoms with Crippen LogP contribution in [-0.4, -0.2) is 45.7 Å². The number of nitrogens with two attached hydrogens (primary N) is 1. The number of hydrogen-bond donors (Lipinski definition) is 3. The van der Waals surface area contributed by atoms with E-state index < -0.39 is 0 Å². The molecule has 1 amide bonds. The van der Waals surface area contributed by atoms with Crippen LogP contribution in [0.1, 0.15) is 23.1 Å². The third kappa shape index (κ3) is 6.11. The lowest BCUT2D eigenvalue weighted by Gasteiger charge is -2.10. The van der Waals surface area contributed by atoms with Crippen LogP contribution in [0.2, 0.25) is 0 Å². The summed E-state index contributed by atoms with van der Waals surface area (Å²) in [5, 5.41) is 5.94. The maximum atomic E-state index is 12.4. The van der Waals surface area contributed by atoms with Crippen LogP contribution in [0.25, 0.3) is 0 Å². The minimum atomic E-state index is -0.384. The fourth-order valence-corrected chi connectivity index (χ4v) is 2.46. The van der Waals surface area contributed by atoms with Gasteiger partial charge in [-0.1, -0.05) is 0 Å². The predicted molar refractivity (Wildman–Crippen MR) is 112 cm³/mol. The predicted octanol–water partition coefficient (Wildman–Crippen LogP) is 2.13. The van der Waals surface area contributed by atoms with Gasteiger partial charge in [-0.15, -0.1) is 0 Å². The zero-order valence-corrected chi connectivity index (χ0v) is 16.5. The second-order valence-corrected chi connectivity index (χ2v) is 6.06. The molecule has 0 aromatic carbocycles. The van der Waals surface area contributed by atoms with E-state index in [0.29, 0.717) is 49.4 Å². The zero-order valence-electron chi connectivity index (χ0n) is 16.5. The van der Waals surface area contributed by atoms with Gasteiger partial charge < -0.3 is 25.8 Å². The van der Waals surface area contributed by atoms with Gasteiger partial charge in [0.25, 0.3) is 5.91 Å². The fourth-order valence-electron chi connectivity index (χ4n) is 2.46. The standard InChI is InChI=1S/C20H23N7O3/c1-2-29-8-9-30-18-13-25-17(12-26-18)20(28)27-14-5-7-22-15(10-14)11-24-16-4-3-6-23-19(16)21/h3-7,10,12-13,24H,2,8-9,11H2,1H3,(H2,21,23)(H,22,27,28). The minimum Gasteiger partial charge on any atom is -0.474 e. The van der Waals surface area contributed by atoms with E-state index in [1.807, 2.05) is 13.0 Å². The molecular weight excluding hydrogens is 386 g/mol. The summed E-state index contributed by atoms with van der Waals surface area (Å²) in [6.07, 6.45) is 6.00. The molecule has 30 heavy (non-hydrogen) atoms. The fraction of sp³-hybridized carbons (Fsp3) is 0.250. The zero-order chi connectivity index (χ0) is 21.2. The van der Waals surface area contributed by atoms with E-state index in [2.05, 4.69) is 30.6 Å². The lowest BCUT2D eigenvalue weighted by Crippen LogP contribution is -2.15. The molecule has 3 heterocycles. The van der Waals surface area contributed by atoms with Crippen LogP contribution < -0.4 is 21.1 Å². The SMILES string of the molecule is CCOCCOc1cnc(C(=O)Nc2ccnc(CNc3cccnc3N)c2)cn1. The summed E-state index contributed by atoms with van der Waals surface area (Å²) >= 11 is 0. The highest BCUT2D eigenvalue weighted by Crippen LogP contribution is 2.16. The van der Waals surface area contributed by atoms with Gasteiger partial charge >= 0.3 is 0 Å². The van der Waals surface area contributed by atoms with Crippen LogP contribution in [0.15, 0.2) is 49.1 Å². The van der Waals surface area contributed by atoms with Gasteiger partial charge in [-0.2, -0.15) is 0 Å². The van der Waals surface area contributed by atoms with Crippen molar-refractivity contribution < 1.29 is 14.3 Å². The molecule has 10 heteroatoms. The van der Waals surface area contributed by atoms with Crippen molar-refractivity contribution in [3.8, 4) is 5.88 Å². The van der Waals surface area contributed by atoms with Crippen LogP contribution in [0, 0.1) is 0 Å². The Morgan fingerprint density at radius 1 is 1.10 bits per heavy atom.